The Morgan fingerprint density at radius 3 is 1.86 bits per heavy atom. The summed E-state index contributed by atoms with van der Waals surface area (Å²) in [6, 6.07) is 6.54. The first-order valence-corrected chi connectivity index (χ1v) is 10.8. The first-order chi connectivity index (χ1) is 16.5. The van der Waals surface area contributed by atoms with Gasteiger partial charge in [-0.2, -0.15) is 0 Å². The third-order valence-corrected chi connectivity index (χ3v) is 4.72. The van der Waals surface area contributed by atoms with Crippen LogP contribution in [0.15, 0.2) is 24.3 Å². The van der Waals surface area contributed by atoms with Gasteiger partial charge in [0.2, 0.25) is 0 Å². The molecule has 192 valence electrons. The zero-order valence-electron chi connectivity index (χ0n) is 19.8. The highest BCUT2D eigenvalue weighted by Crippen LogP contribution is 2.28. The molecular formula is C22H27NO11S. The predicted octanol–water partition coefficient (Wildman–Crippen LogP) is 1.03. The molecule has 0 amide bonds. The predicted molar refractivity (Wildman–Crippen MR) is 121 cm³/mol. The summed E-state index contributed by atoms with van der Waals surface area (Å²) in [6.45, 7) is 4.23. The van der Waals surface area contributed by atoms with Crippen LogP contribution in [0.3, 0.4) is 0 Å². The van der Waals surface area contributed by atoms with E-state index in [2.05, 4.69) is 5.32 Å². The number of methoxy groups -OCH3 is 1. The van der Waals surface area contributed by atoms with E-state index >= 15 is 0 Å². The molecule has 0 bridgehead atoms. The summed E-state index contributed by atoms with van der Waals surface area (Å²) < 4.78 is 37.6. The average Bonchev–Trinajstić information content (AvgIpc) is 2.76. The molecule has 0 unspecified atom stereocenters. The Hall–Kier alpha value is -3.45. The van der Waals surface area contributed by atoms with Gasteiger partial charge in [0.15, 0.2) is 24.5 Å². The molecule has 1 aliphatic rings. The fourth-order valence-corrected chi connectivity index (χ4v) is 3.45. The number of thiocarbonyl (C=S) groups is 1. The molecule has 0 radical (unpaired) electrons. The van der Waals surface area contributed by atoms with E-state index in [-0.39, 0.29) is 11.8 Å². The molecule has 1 saturated heterocycles. The van der Waals surface area contributed by atoms with Crippen LogP contribution in [-0.2, 0) is 42.9 Å². The number of rotatable bonds is 8. The van der Waals surface area contributed by atoms with Gasteiger partial charge in [0.05, 0.1) is 7.11 Å². The SMILES string of the molecule is COc1ccc(OC(=S)N[C@@H]2O[C@H](COC(C)=O)[C@H](OC(C)=O)[C@H](OC(C)=O)[C@H]2OC(C)=O)cc1. The molecule has 1 N–H and O–H groups in total. The Bertz CT molecular complexity index is 936. The second kappa shape index (κ2) is 12.9. The molecule has 35 heavy (non-hydrogen) atoms. The molecular weight excluding hydrogens is 486 g/mol. The summed E-state index contributed by atoms with van der Waals surface area (Å²) in [6.07, 6.45) is -6.25. The van der Waals surface area contributed by atoms with Crippen LogP contribution >= 0.6 is 12.2 Å². The number of hydrogen-bond acceptors (Lipinski definition) is 12. The smallest absolute Gasteiger partial charge is 0.303 e. The third kappa shape index (κ3) is 8.68. The summed E-state index contributed by atoms with van der Waals surface area (Å²) >= 11 is 5.25. The van der Waals surface area contributed by atoms with Gasteiger partial charge >= 0.3 is 23.9 Å². The molecule has 0 aliphatic carbocycles. The minimum atomic E-state index is -1.32. The normalized spacial score (nSPS) is 23.3. The quantitative estimate of drug-likeness (QED) is 0.300. The van der Waals surface area contributed by atoms with E-state index in [9.17, 15) is 19.2 Å². The average molecular weight is 514 g/mol. The van der Waals surface area contributed by atoms with Gasteiger partial charge in [-0.3, -0.25) is 19.2 Å². The summed E-state index contributed by atoms with van der Waals surface area (Å²) in [7, 11) is 1.52. The van der Waals surface area contributed by atoms with Gasteiger partial charge < -0.3 is 38.5 Å². The maximum absolute atomic E-state index is 11.9. The number of nitrogens with one attached hydrogen (secondary N) is 1. The van der Waals surface area contributed by atoms with Crippen molar-refractivity contribution in [2.24, 2.45) is 0 Å². The van der Waals surface area contributed by atoms with Gasteiger partial charge in [-0.1, -0.05) is 0 Å². The fourth-order valence-electron chi connectivity index (χ4n) is 3.24. The maximum Gasteiger partial charge on any atom is 0.303 e. The molecule has 1 aromatic rings. The van der Waals surface area contributed by atoms with Gasteiger partial charge in [0.25, 0.3) is 5.17 Å². The van der Waals surface area contributed by atoms with Gasteiger partial charge in [-0.05, 0) is 36.5 Å². The molecule has 1 aliphatic heterocycles. The van der Waals surface area contributed by atoms with Crippen molar-refractivity contribution < 1.29 is 52.3 Å². The van der Waals surface area contributed by atoms with Crippen molar-refractivity contribution >= 4 is 41.3 Å². The Balaban J connectivity index is 2.33. The van der Waals surface area contributed by atoms with Crippen LogP contribution in [0.5, 0.6) is 11.5 Å². The van der Waals surface area contributed by atoms with Crippen molar-refractivity contribution in [3.05, 3.63) is 24.3 Å². The van der Waals surface area contributed by atoms with Gasteiger partial charge in [0.1, 0.15) is 24.2 Å². The van der Waals surface area contributed by atoms with Crippen LogP contribution in [0.2, 0.25) is 0 Å². The molecule has 5 atom stereocenters. The molecule has 1 fully saturated rings. The number of ether oxygens (including phenoxy) is 7. The molecule has 13 heteroatoms. The summed E-state index contributed by atoms with van der Waals surface area (Å²) in [5, 5.41) is 2.58. The zero-order chi connectivity index (χ0) is 26.1. The monoisotopic (exact) mass is 513 g/mol. The number of hydrogen-bond donors (Lipinski definition) is 1. The van der Waals surface area contributed by atoms with Crippen molar-refractivity contribution in [1.29, 1.82) is 0 Å². The molecule has 1 heterocycles. The first-order valence-electron chi connectivity index (χ1n) is 10.4. The topological polar surface area (TPSA) is 145 Å². The second-order valence-corrected chi connectivity index (χ2v) is 7.70. The van der Waals surface area contributed by atoms with Crippen molar-refractivity contribution in [1.82, 2.24) is 5.32 Å². The summed E-state index contributed by atoms with van der Waals surface area (Å²) in [5.74, 6) is -1.85. The molecule has 0 spiro atoms. The fraction of sp³-hybridized carbons (Fsp3) is 0.500. The van der Waals surface area contributed by atoms with Crippen LogP contribution < -0.4 is 14.8 Å². The summed E-state index contributed by atoms with van der Waals surface area (Å²) in [5.41, 5.74) is 0. The highest BCUT2D eigenvalue weighted by Gasteiger charge is 2.52. The van der Waals surface area contributed by atoms with E-state index in [4.69, 9.17) is 45.4 Å². The van der Waals surface area contributed by atoms with Gasteiger partial charge in [-0.15, -0.1) is 0 Å². The first kappa shape index (κ1) is 27.8. The van der Waals surface area contributed by atoms with E-state index in [1.807, 2.05) is 0 Å². The van der Waals surface area contributed by atoms with Crippen molar-refractivity contribution in [3.8, 4) is 11.5 Å². The van der Waals surface area contributed by atoms with Gasteiger partial charge in [0, 0.05) is 27.7 Å². The number of carbonyl (C=O) groups excluding carboxylic acids is 4. The Labute approximate surface area is 207 Å². The second-order valence-electron chi connectivity index (χ2n) is 7.33. The van der Waals surface area contributed by atoms with Crippen LogP contribution in [0, 0.1) is 0 Å². The van der Waals surface area contributed by atoms with E-state index in [0.29, 0.717) is 11.5 Å². The van der Waals surface area contributed by atoms with Crippen molar-refractivity contribution in [2.45, 2.75) is 58.3 Å². The van der Waals surface area contributed by atoms with Gasteiger partial charge in [-0.25, -0.2) is 0 Å². The van der Waals surface area contributed by atoms with Crippen LogP contribution in [0.25, 0.3) is 0 Å². The largest absolute Gasteiger partial charge is 0.497 e. The lowest BCUT2D eigenvalue weighted by atomic mass is 9.97. The van der Waals surface area contributed by atoms with Crippen molar-refractivity contribution in [3.63, 3.8) is 0 Å². The molecule has 0 aromatic heterocycles. The third-order valence-electron chi connectivity index (χ3n) is 4.52. The minimum absolute atomic E-state index is 0.170. The molecule has 0 saturated carbocycles. The standard InChI is InChI=1S/C22H27NO11S/c1-11(24)29-10-17-18(30-12(2)25)19(31-13(3)26)20(32-14(4)27)21(34-17)23-22(35)33-16-8-6-15(28-5)7-9-16/h6-9,17-21H,10H2,1-5H3,(H,23,35)/t17-,18+,19+,20-,21-/m1/s1. The Kier molecular flexibility index (Phi) is 10.2. The lowest BCUT2D eigenvalue weighted by molar-refractivity contribution is -0.255. The van der Waals surface area contributed by atoms with Crippen LogP contribution in [0.1, 0.15) is 27.7 Å². The lowest BCUT2D eigenvalue weighted by Crippen LogP contribution is -2.66. The zero-order valence-corrected chi connectivity index (χ0v) is 20.6. The van der Waals surface area contributed by atoms with E-state index in [1.54, 1.807) is 24.3 Å². The van der Waals surface area contributed by atoms with Crippen molar-refractivity contribution in [2.75, 3.05) is 13.7 Å². The Morgan fingerprint density at radius 2 is 1.34 bits per heavy atom. The highest BCUT2D eigenvalue weighted by molar-refractivity contribution is 7.80. The number of carbonyl (C=O) groups is 4. The van der Waals surface area contributed by atoms with Crippen LogP contribution in [-0.4, -0.2) is 73.4 Å². The maximum atomic E-state index is 11.9. The summed E-state index contributed by atoms with van der Waals surface area (Å²) in [4.78, 5) is 46.9. The minimum Gasteiger partial charge on any atom is -0.497 e. The lowest BCUT2D eigenvalue weighted by Gasteiger charge is -2.44. The van der Waals surface area contributed by atoms with E-state index in [0.717, 1.165) is 20.8 Å². The molecule has 12 nitrogen and oxygen atoms in total. The van der Waals surface area contributed by atoms with E-state index in [1.165, 1.54) is 14.0 Å². The number of benzene rings is 1. The number of esters is 4. The highest BCUT2D eigenvalue weighted by atomic mass is 32.1. The Morgan fingerprint density at radius 1 is 0.829 bits per heavy atom. The van der Waals surface area contributed by atoms with Crippen LogP contribution in [0.4, 0.5) is 0 Å². The molecule has 1 aromatic carbocycles. The molecule has 2 rings (SSSR count). The van der Waals surface area contributed by atoms with E-state index < -0.39 is 54.5 Å².